The minimum atomic E-state index is 0. The highest BCUT2D eigenvalue weighted by Crippen LogP contribution is 2.28. The van der Waals surface area contributed by atoms with Crippen molar-refractivity contribution in [3.05, 3.63) is 29.8 Å². The molecule has 1 aromatic carbocycles. The summed E-state index contributed by atoms with van der Waals surface area (Å²) >= 11 is 0. The lowest BCUT2D eigenvalue weighted by Gasteiger charge is -2.33. The molecule has 1 saturated heterocycles. The Balaban J connectivity index is 0.00000192. The van der Waals surface area contributed by atoms with E-state index in [2.05, 4.69) is 5.32 Å². The number of halogens is 1. The number of hydrogen-bond acceptors (Lipinski definition) is 3. The standard InChI is InChI=1S/C18H26N2O2.ClH/c1-2-22-17-6-4-3-5-16(17)18(21)20-11-9-15(10-12-20)19-13-14-7-8-14;/h3-6,14-15,19H,2,7-13H2,1H3;1H. The molecule has 1 aliphatic carbocycles. The summed E-state index contributed by atoms with van der Waals surface area (Å²) in [6.45, 7) is 5.35. The zero-order valence-electron chi connectivity index (χ0n) is 13.8. The number of likely N-dealkylation sites (tertiary alicyclic amines) is 1. The third-order valence-corrected chi connectivity index (χ3v) is 4.59. The van der Waals surface area contributed by atoms with Crippen LogP contribution in [-0.4, -0.2) is 43.1 Å². The number of ether oxygens (including phenoxy) is 1. The van der Waals surface area contributed by atoms with Crippen LogP contribution in [0.25, 0.3) is 0 Å². The van der Waals surface area contributed by atoms with Crippen LogP contribution >= 0.6 is 12.4 Å². The Morgan fingerprint density at radius 2 is 1.91 bits per heavy atom. The van der Waals surface area contributed by atoms with E-state index in [-0.39, 0.29) is 18.3 Å². The molecule has 5 heteroatoms. The Bertz CT molecular complexity index is 511. The van der Waals surface area contributed by atoms with Gasteiger partial charge in [-0.25, -0.2) is 0 Å². The zero-order valence-corrected chi connectivity index (χ0v) is 14.6. The van der Waals surface area contributed by atoms with Gasteiger partial charge < -0.3 is 15.0 Å². The van der Waals surface area contributed by atoms with Crippen LogP contribution in [0, 0.1) is 5.92 Å². The minimum Gasteiger partial charge on any atom is -0.493 e. The number of amides is 1. The number of benzene rings is 1. The first kappa shape index (κ1) is 18.1. The molecule has 2 fully saturated rings. The molecule has 1 aromatic rings. The predicted molar refractivity (Wildman–Crippen MR) is 94.5 cm³/mol. The van der Waals surface area contributed by atoms with Gasteiger partial charge in [0.15, 0.2) is 0 Å². The Morgan fingerprint density at radius 3 is 2.57 bits per heavy atom. The Hall–Kier alpha value is -1.26. The fourth-order valence-electron chi connectivity index (χ4n) is 3.04. The van der Waals surface area contributed by atoms with Crippen LogP contribution in [0.4, 0.5) is 0 Å². The number of para-hydroxylation sites is 1. The molecule has 0 spiro atoms. The highest BCUT2D eigenvalue weighted by molar-refractivity contribution is 5.97. The smallest absolute Gasteiger partial charge is 0.257 e. The average Bonchev–Trinajstić information content (AvgIpc) is 3.38. The van der Waals surface area contributed by atoms with Crippen molar-refractivity contribution in [3.63, 3.8) is 0 Å². The lowest BCUT2D eigenvalue weighted by atomic mass is 10.0. The second kappa shape index (κ2) is 8.55. The molecule has 0 bridgehead atoms. The summed E-state index contributed by atoms with van der Waals surface area (Å²) in [6.07, 6.45) is 4.88. The second-order valence-electron chi connectivity index (χ2n) is 6.35. The van der Waals surface area contributed by atoms with Crippen molar-refractivity contribution in [1.82, 2.24) is 10.2 Å². The summed E-state index contributed by atoms with van der Waals surface area (Å²) in [4.78, 5) is 14.7. The van der Waals surface area contributed by atoms with Gasteiger partial charge in [0, 0.05) is 19.1 Å². The van der Waals surface area contributed by atoms with E-state index >= 15 is 0 Å². The molecule has 1 N–H and O–H groups in total. The lowest BCUT2D eigenvalue weighted by Crippen LogP contribution is -2.45. The quantitative estimate of drug-likeness (QED) is 0.866. The number of nitrogens with zero attached hydrogens (tertiary/aromatic N) is 1. The molecule has 0 aromatic heterocycles. The minimum absolute atomic E-state index is 0. The van der Waals surface area contributed by atoms with Gasteiger partial charge in [0.1, 0.15) is 5.75 Å². The maximum atomic E-state index is 12.7. The van der Waals surface area contributed by atoms with Crippen molar-refractivity contribution in [2.75, 3.05) is 26.2 Å². The summed E-state index contributed by atoms with van der Waals surface area (Å²) in [5.74, 6) is 1.71. The Kier molecular flexibility index (Phi) is 6.72. The van der Waals surface area contributed by atoms with Crippen LogP contribution in [-0.2, 0) is 0 Å². The largest absolute Gasteiger partial charge is 0.493 e. The van der Waals surface area contributed by atoms with E-state index in [1.165, 1.54) is 12.8 Å². The molecule has 1 aliphatic heterocycles. The summed E-state index contributed by atoms with van der Waals surface area (Å²) in [7, 11) is 0. The maximum Gasteiger partial charge on any atom is 0.257 e. The molecule has 3 rings (SSSR count). The van der Waals surface area contributed by atoms with Crippen molar-refractivity contribution in [1.29, 1.82) is 0 Å². The average molecular weight is 339 g/mol. The first-order valence-corrected chi connectivity index (χ1v) is 8.52. The molecule has 0 atom stereocenters. The molecule has 1 amide bonds. The van der Waals surface area contributed by atoms with Gasteiger partial charge in [-0.3, -0.25) is 4.79 Å². The highest BCUT2D eigenvalue weighted by Gasteiger charge is 2.27. The van der Waals surface area contributed by atoms with E-state index in [1.54, 1.807) is 0 Å². The number of carbonyl (C=O) groups is 1. The van der Waals surface area contributed by atoms with Crippen LogP contribution < -0.4 is 10.1 Å². The van der Waals surface area contributed by atoms with Crippen LogP contribution in [0.1, 0.15) is 43.0 Å². The number of piperidine rings is 1. The molecule has 128 valence electrons. The third kappa shape index (κ3) is 4.85. The molecule has 23 heavy (non-hydrogen) atoms. The van der Waals surface area contributed by atoms with E-state index in [0.29, 0.717) is 24.0 Å². The lowest BCUT2D eigenvalue weighted by molar-refractivity contribution is 0.0701. The van der Waals surface area contributed by atoms with Gasteiger partial charge in [-0.05, 0) is 57.2 Å². The summed E-state index contributed by atoms with van der Waals surface area (Å²) < 4.78 is 5.58. The topological polar surface area (TPSA) is 41.6 Å². The predicted octanol–water partition coefficient (Wildman–Crippen LogP) is 3.11. The first-order valence-electron chi connectivity index (χ1n) is 8.52. The van der Waals surface area contributed by atoms with Gasteiger partial charge in [-0.1, -0.05) is 12.1 Å². The molecule has 4 nitrogen and oxygen atoms in total. The van der Waals surface area contributed by atoms with Gasteiger partial charge in [0.2, 0.25) is 0 Å². The van der Waals surface area contributed by atoms with Crippen molar-refractivity contribution in [2.45, 2.75) is 38.6 Å². The summed E-state index contributed by atoms with van der Waals surface area (Å²) in [5.41, 5.74) is 0.689. The van der Waals surface area contributed by atoms with Gasteiger partial charge in [0.25, 0.3) is 5.91 Å². The SMILES string of the molecule is CCOc1ccccc1C(=O)N1CCC(NCC2CC2)CC1.Cl. The van der Waals surface area contributed by atoms with Crippen LogP contribution in [0.3, 0.4) is 0 Å². The van der Waals surface area contributed by atoms with Crippen molar-refractivity contribution in [2.24, 2.45) is 5.92 Å². The summed E-state index contributed by atoms with van der Waals surface area (Å²) in [6, 6.07) is 8.13. The molecule has 1 heterocycles. The molecule has 1 saturated carbocycles. The molecule has 2 aliphatic rings. The van der Waals surface area contributed by atoms with Crippen molar-refractivity contribution >= 4 is 18.3 Å². The number of hydrogen-bond donors (Lipinski definition) is 1. The van der Waals surface area contributed by atoms with E-state index in [9.17, 15) is 4.79 Å². The highest BCUT2D eigenvalue weighted by atomic mass is 35.5. The zero-order chi connectivity index (χ0) is 15.4. The molecular weight excluding hydrogens is 312 g/mol. The van der Waals surface area contributed by atoms with Gasteiger partial charge >= 0.3 is 0 Å². The Labute approximate surface area is 145 Å². The number of rotatable bonds is 6. The van der Waals surface area contributed by atoms with E-state index in [1.807, 2.05) is 36.1 Å². The number of carbonyl (C=O) groups excluding carboxylic acids is 1. The fraction of sp³-hybridized carbons (Fsp3) is 0.611. The van der Waals surface area contributed by atoms with Gasteiger partial charge in [-0.2, -0.15) is 0 Å². The molecular formula is C18H27ClN2O2. The fourth-order valence-corrected chi connectivity index (χ4v) is 3.04. The van der Waals surface area contributed by atoms with Crippen molar-refractivity contribution in [3.8, 4) is 5.75 Å². The van der Waals surface area contributed by atoms with E-state index in [4.69, 9.17) is 4.74 Å². The second-order valence-corrected chi connectivity index (χ2v) is 6.35. The molecule has 0 unspecified atom stereocenters. The summed E-state index contributed by atoms with van der Waals surface area (Å²) in [5, 5.41) is 3.65. The maximum absolute atomic E-state index is 12.7. The van der Waals surface area contributed by atoms with Gasteiger partial charge in [0.05, 0.1) is 12.2 Å². The third-order valence-electron chi connectivity index (χ3n) is 4.59. The number of nitrogens with one attached hydrogen (secondary N) is 1. The van der Waals surface area contributed by atoms with E-state index in [0.717, 1.165) is 38.4 Å². The van der Waals surface area contributed by atoms with Crippen LogP contribution in [0.15, 0.2) is 24.3 Å². The van der Waals surface area contributed by atoms with Crippen LogP contribution in [0.2, 0.25) is 0 Å². The Morgan fingerprint density at radius 1 is 1.22 bits per heavy atom. The first-order chi connectivity index (χ1) is 10.8. The van der Waals surface area contributed by atoms with Gasteiger partial charge in [-0.15, -0.1) is 12.4 Å². The van der Waals surface area contributed by atoms with Crippen molar-refractivity contribution < 1.29 is 9.53 Å². The van der Waals surface area contributed by atoms with Crippen LogP contribution in [0.5, 0.6) is 5.75 Å². The molecule has 0 radical (unpaired) electrons. The normalized spacial score (nSPS) is 18.4. The monoisotopic (exact) mass is 338 g/mol. The van der Waals surface area contributed by atoms with E-state index < -0.39 is 0 Å².